The molecule has 0 atom stereocenters. The first kappa shape index (κ1) is 23.6. The first-order chi connectivity index (χ1) is 16.5. The Morgan fingerprint density at radius 3 is 2.35 bits per heavy atom. The van der Waals surface area contributed by atoms with Gasteiger partial charge in [0, 0.05) is 11.1 Å². The van der Waals surface area contributed by atoms with Crippen molar-refractivity contribution in [3.05, 3.63) is 71.2 Å². The van der Waals surface area contributed by atoms with Crippen molar-refractivity contribution in [3.8, 4) is 16.9 Å². The summed E-state index contributed by atoms with van der Waals surface area (Å²) < 4.78 is 32.1. The SMILES string of the molecule is COC(=O)c1c(-c2ccc(COC3CCCCC3)c(F)c2)nn(-c2ccccc2)c1C(=O)OC. The predicted molar refractivity (Wildman–Crippen MR) is 123 cm³/mol. The lowest BCUT2D eigenvalue weighted by Crippen LogP contribution is -2.16. The third-order valence-electron chi connectivity index (χ3n) is 6.01. The highest BCUT2D eigenvalue weighted by Crippen LogP contribution is 2.31. The molecule has 1 heterocycles. The van der Waals surface area contributed by atoms with Gasteiger partial charge in [0.15, 0.2) is 5.69 Å². The van der Waals surface area contributed by atoms with Crippen LogP contribution in [0, 0.1) is 5.82 Å². The summed E-state index contributed by atoms with van der Waals surface area (Å²) in [5.41, 5.74) is 1.22. The molecule has 0 N–H and O–H groups in total. The lowest BCUT2D eigenvalue weighted by molar-refractivity contribution is 0.0156. The molecule has 2 aromatic carbocycles. The van der Waals surface area contributed by atoms with Gasteiger partial charge in [0.05, 0.1) is 32.6 Å². The van der Waals surface area contributed by atoms with Crippen LogP contribution in [-0.4, -0.2) is 42.0 Å². The molecule has 1 aliphatic carbocycles. The van der Waals surface area contributed by atoms with E-state index in [0.29, 0.717) is 16.8 Å². The van der Waals surface area contributed by atoms with E-state index in [0.717, 1.165) is 25.7 Å². The molecule has 0 spiro atoms. The van der Waals surface area contributed by atoms with Crippen molar-refractivity contribution in [3.63, 3.8) is 0 Å². The molecule has 1 saturated carbocycles. The van der Waals surface area contributed by atoms with Gasteiger partial charge >= 0.3 is 11.9 Å². The van der Waals surface area contributed by atoms with Crippen LogP contribution >= 0.6 is 0 Å². The van der Waals surface area contributed by atoms with E-state index in [1.54, 1.807) is 36.4 Å². The quantitative estimate of drug-likeness (QED) is 0.451. The minimum Gasteiger partial charge on any atom is -0.465 e. The Kier molecular flexibility index (Phi) is 7.37. The summed E-state index contributed by atoms with van der Waals surface area (Å²) in [5, 5.41) is 4.50. The second-order valence-corrected chi connectivity index (χ2v) is 8.18. The number of nitrogens with zero attached hydrogens (tertiary/aromatic N) is 2. The van der Waals surface area contributed by atoms with Crippen molar-refractivity contribution in [1.29, 1.82) is 0 Å². The molecular weight excluding hydrogens is 439 g/mol. The molecule has 7 nitrogen and oxygen atoms in total. The second kappa shape index (κ2) is 10.6. The van der Waals surface area contributed by atoms with Crippen molar-refractivity contribution < 1.29 is 28.2 Å². The van der Waals surface area contributed by atoms with Crippen LogP contribution in [0.3, 0.4) is 0 Å². The van der Waals surface area contributed by atoms with Crippen molar-refractivity contribution in [1.82, 2.24) is 9.78 Å². The summed E-state index contributed by atoms with van der Waals surface area (Å²) in [6.45, 7) is 0.173. The molecule has 0 saturated heterocycles. The fraction of sp³-hybridized carbons (Fsp3) is 0.346. The Balaban J connectivity index is 1.74. The van der Waals surface area contributed by atoms with Gasteiger partial charge in [-0.05, 0) is 31.0 Å². The van der Waals surface area contributed by atoms with Crippen LogP contribution in [-0.2, 0) is 20.8 Å². The smallest absolute Gasteiger partial charge is 0.357 e. The van der Waals surface area contributed by atoms with Gasteiger partial charge in [0.1, 0.15) is 17.1 Å². The minimum absolute atomic E-state index is 0.0937. The number of aromatic nitrogens is 2. The normalized spacial score (nSPS) is 14.1. The number of para-hydroxylation sites is 1. The molecule has 0 aliphatic heterocycles. The molecule has 34 heavy (non-hydrogen) atoms. The average molecular weight is 467 g/mol. The van der Waals surface area contributed by atoms with E-state index in [1.807, 2.05) is 6.07 Å². The summed E-state index contributed by atoms with van der Waals surface area (Å²) in [6, 6.07) is 13.4. The Labute approximate surface area is 197 Å². The fourth-order valence-electron chi connectivity index (χ4n) is 4.21. The first-order valence-corrected chi connectivity index (χ1v) is 11.3. The number of rotatable bonds is 7. The molecule has 4 rings (SSSR count). The second-order valence-electron chi connectivity index (χ2n) is 8.18. The summed E-state index contributed by atoms with van der Waals surface area (Å²) in [7, 11) is 2.42. The van der Waals surface area contributed by atoms with Crippen molar-refractivity contribution in [2.45, 2.75) is 44.8 Å². The zero-order valence-electron chi connectivity index (χ0n) is 19.3. The van der Waals surface area contributed by atoms with E-state index in [2.05, 4.69) is 5.10 Å². The van der Waals surface area contributed by atoms with Crippen molar-refractivity contribution >= 4 is 11.9 Å². The number of hydrogen-bond acceptors (Lipinski definition) is 6. The van der Waals surface area contributed by atoms with Gasteiger partial charge in [-0.3, -0.25) is 0 Å². The third-order valence-corrected chi connectivity index (χ3v) is 6.01. The number of esters is 2. The molecule has 0 amide bonds. The third kappa shape index (κ3) is 4.87. The predicted octanol–water partition coefficient (Wildman–Crippen LogP) is 5.10. The van der Waals surface area contributed by atoms with E-state index in [-0.39, 0.29) is 29.7 Å². The molecule has 0 radical (unpaired) electrons. The fourth-order valence-corrected chi connectivity index (χ4v) is 4.21. The Bertz CT molecular complexity index is 1170. The van der Waals surface area contributed by atoms with E-state index in [9.17, 15) is 9.59 Å². The highest BCUT2D eigenvalue weighted by Gasteiger charge is 2.31. The number of carbonyl (C=O) groups is 2. The van der Waals surface area contributed by atoms with E-state index in [1.165, 1.54) is 31.4 Å². The summed E-state index contributed by atoms with van der Waals surface area (Å²) >= 11 is 0. The van der Waals surface area contributed by atoms with Crippen LogP contribution in [0.4, 0.5) is 4.39 Å². The van der Waals surface area contributed by atoms with E-state index in [4.69, 9.17) is 14.2 Å². The van der Waals surface area contributed by atoms with Crippen LogP contribution in [0.2, 0.25) is 0 Å². The molecule has 3 aromatic rings. The lowest BCUT2D eigenvalue weighted by atomic mass is 9.98. The molecule has 1 aliphatic rings. The first-order valence-electron chi connectivity index (χ1n) is 11.3. The maximum absolute atomic E-state index is 15.0. The number of carbonyl (C=O) groups excluding carboxylic acids is 2. The zero-order valence-corrected chi connectivity index (χ0v) is 19.3. The molecular formula is C26H27FN2O5. The maximum atomic E-state index is 15.0. The van der Waals surface area contributed by atoms with Crippen molar-refractivity contribution in [2.75, 3.05) is 14.2 Å². The number of methoxy groups -OCH3 is 2. The molecule has 0 unspecified atom stereocenters. The molecule has 178 valence electrons. The van der Waals surface area contributed by atoms with Crippen LogP contribution in [0.1, 0.15) is 58.5 Å². The minimum atomic E-state index is -0.775. The molecule has 1 fully saturated rings. The summed E-state index contributed by atoms with van der Waals surface area (Å²) in [6.07, 6.45) is 5.63. The van der Waals surface area contributed by atoms with Crippen LogP contribution in [0.5, 0.6) is 0 Å². The largest absolute Gasteiger partial charge is 0.465 e. The van der Waals surface area contributed by atoms with Crippen LogP contribution < -0.4 is 0 Å². The van der Waals surface area contributed by atoms with Gasteiger partial charge in [-0.25, -0.2) is 18.7 Å². The summed E-state index contributed by atoms with van der Waals surface area (Å²) in [5.74, 6) is -2.01. The standard InChI is InChI=1S/C26H27FN2O5/c1-32-25(30)22-23(28-29(24(22)26(31)33-2)19-9-5-3-6-10-19)17-13-14-18(21(27)15-17)16-34-20-11-7-4-8-12-20/h3,5-6,9-10,13-15,20H,4,7-8,11-12,16H2,1-2H3. The van der Waals surface area contributed by atoms with Gasteiger partial charge < -0.3 is 14.2 Å². The van der Waals surface area contributed by atoms with Gasteiger partial charge in [0.2, 0.25) is 0 Å². The Morgan fingerprint density at radius 2 is 1.71 bits per heavy atom. The molecule has 1 aromatic heterocycles. The number of hydrogen-bond donors (Lipinski definition) is 0. The van der Waals surface area contributed by atoms with Crippen LogP contribution in [0.15, 0.2) is 48.5 Å². The lowest BCUT2D eigenvalue weighted by Gasteiger charge is -2.22. The van der Waals surface area contributed by atoms with Crippen molar-refractivity contribution in [2.24, 2.45) is 0 Å². The monoisotopic (exact) mass is 466 g/mol. The Hall–Kier alpha value is -3.52. The van der Waals surface area contributed by atoms with Gasteiger partial charge in [-0.2, -0.15) is 5.10 Å². The summed E-state index contributed by atoms with van der Waals surface area (Å²) in [4.78, 5) is 25.4. The maximum Gasteiger partial charge on any atom is 0.357 e. The number of ether oxygens (including phenoxy) is 3. The van der Waals surface area contributed by atoms with Gasteiger partial charge in [-0.1, -0.05) is 49.6 Å². The Morgan fingerprint density at radius 1 is 1.00 bits per heavy atom. The molecule has 0 bridgehead atoms. The van der Waals surface area contributed by atoms with Crippen LogP contribution in [0.25, 0.3) is 16.9 Å². The van der Waals surface area contributed by atoms with E-state index < -0.39 is 17.8 Å². The van der Waals surface area contributed by atoms with Gasteiger partial charge in [-0.15, -0.1) is 0 Å². The number of halogens is 1. The average Bonchev–Trinajstić information content (AvgIpc) is 3.29. The number of benzene rings is 2. The van der Waals surface area contributed by atoms with Gasteiger partial charge in [0.25, 0.3) is 0 Å². The zero-order chi connectivity index (χ0) is 24.1. The highest BCUT2D eigenvalue weighted by atomic mass is 19.1. The molecule has 8 heteroatoms. The van der Waals surface area contributed by atoms with E-state index >= 15 is 4.39 Å². The topological polar surface area (TPSA) is 79.7 Å². The highest BCUT2D eigenvalue weighted by molar-refractivity contribution is 6.06.